The van der Waals surface area contributed by atoms with Gasteiger partial charge in [-0.2, -0.15) is 0 Å². The Hall–Kier alpha value is -2.93. The summed E-state index contributed by atoms with van der Waals surface area (Å²) in [5.74, 6) is -0.410. The Bertz CT molecular complexity index is 1220. The first-order chi connectivity index (χ1) is 13.6. The van der Waals surface area contributed by atoms with Crippen molar-refractivity contribution in [1.82, 2.24) is 14.1 Å². The molecule has 29 heavy (non-hydrogen) atoms. The number of halogens is 1. The fourth-order valence-electron chi connectivity index (χ4n) is 3.17. The molecule has 0 unspecified atom stereocenters. The quantitative estimate of drug-likeness (QED) is 0.611. The molecule has 0 spiro atoms. The molecule has 0 aliphatic rings. The topological polar surface area (TPSA) is 83.2 Å². The Morgan fingerprint density at radius 2 is 1.76 bits per heavy atom. The molecule has 0 bridgehead atoms. The molecule has 0 radical (unpaired) electrons. The first kappa shape index (κ1) is 20.8. The number of carbonyl (C=O) groups is 1. The number of aromatic nitrogens is 3. The highest BCUT2D eigenvalue weighted by molar-refractivity contribution is 6.30. The van der Waals surface area contributed by atoms with Crippen molar-refractivity contribution in [3.05, 3.63) is 61.4 Å². The molecule has 0 saturated carbocycles. The summed E-state index contributed by atoms with van der Waals surface area (Å²) in [6.07, 6.45) is 0. The summed E-state index contributed by atoms with van der Waals surface area (Å²) < 4.78 is 7.75. The Kier molecular flexibility index (Phi) is 5.61. The normalized spacial score (nSPS) is 11.3. The predicted molar refractivity (Wildman–Crippen MR) is 113 cm³/mol. The second-order valence-corrected chi connectivity index (χ2v) is 7.79. The number of hydrogen-bond acceptors (Lipinski definition) is 5. The highest BCUT2D eigenvalue weighted by Crippen LogP contribution is 2.32. The van der Waals surface area contributed by atoms with Crippen molar-refractivity contribution in [2.24, 2.45) is 20.0 Å². The van der Waals surface area contributed by atoms with Crippen LogP contribution in [-0.2, 0) is 18.8 Å². The maximum atomic E-state index is 13.0. The van der Waals surface area contributed by atoms with Gasteiger partial charge in [0.25, 0.3) is 5.56 Å². The summed E-state index contributed by atoms with van der Waals surface area (Å²) in [7, 11) is 2.94. The molecule has 0 N–H and O–H groups in total. The van der Waals surface area contributed by atoms with Crippen molar-refractivity contribution in [3.63, 3.8) is 0 Å². The average Bonchev–Trinajstić information content (AvgIpc) is 2.68. The van der Waals surface area contributed by atoms with Crippen molar-refractivity contribution < 1.29 is 9.53 Å². The fraction of sp³-hybridized carbons (Fsp3) is 0.333. The van der Waals surface area contributed by atoms with Crippen LogP contribution in [0.3, 0.4) is 0 Å². The molecular weight excluding hydrogens is 394 g/mol. The summed E-state index contributed by atoms with van der Waals surface area (Å²) in [4.78, 5) is 42.8. The van der Waals surface area contributed by atoms with Gasteiger partial charge in [-0.3, -0.25) is 13.9 Å². The Morgan fingerprint density at radius 1 is 1.14 bits per heavy atom. The minimum absolute atomic E-state index is 0.153. The van der Waals surface area contributed by atoms with E-state index in [0.717, 1.165) is 4.57 Å². The van der Waals surface area contributed by atoms with Crippen LogP contribution in [0, 0.1) is 12.8 Å². The van der Waals surface area contributed by atoms with E-state index < -0.39 is 17.2 Å². The van der Waals surface area contributed by atoms with Crippen LogP contribution in [0.4, 0.5) is 0 Å². The van der Waals surface area contributed by atoms with Crippen LogP contribution in [0.5, 0.6) is 0 Å². The lowest BCUT2D eigenvalue weighted by Gasteiger charge is -2.17. The second kappa shape index (κ2) is 7.83. The molecule has 152 valence electrons. The molecule has 0 aliphatic carbocycles. The van der Waals surface area contributed by atoms with Gasteiger partial charge in [-0.05, 0) is 30.5 Å². The van der Waals surface area contributed by atoms with Crippen molar-refractivity contribution in [2.45, 2.75) is 20.8 Å². The van der Waals surface area contributed by atoms with E-state index in [9.17, 15) is 14.4 Å². The zero-order chi connectivity index (χ0) is 21.5. The molecular formula is C21H22ClN3O4. The van der Waals surface area contributed by atoms with Gasteiger partial charge in [0.15, 0.2) is 0 Å². The summed E-state index contributed by atoms with van der Waals surface area (Å²) in [5.41, 5.74) is 0.757. The van der Waals surface area contributed by atoms with Crippen LogP contribution >= 0.6 is 11.6 Å². The van der Waals surface area contributed by atoms with Crippen molar-refractivity contribution in [2.75, 3.05) is 6.61 Å². The molecule has 2 heterocycles. The van der Waals surface area contributed by atoms with E-state index in [4.69, 9.17) is 16.3 Å². The third kappa shape index (κ3) is 3.70. The van der Waals surface area contributed by atoms with Crippen molar-refractivity contribution in [3.8, 4) is 11.1 Å². The molecule has 2 aromatic heterocycles. The van der Waals surface area contributed by atoms with Gasteiger partial charge < -0.3 is 4.74 Å². The van der Waals surface area contributed by atoms with E-state index in [0.29, 0.717) is 21.8 Å². The Labute approximate surface area is 172 Å². The van der Waals surface area contributed by atoms with Crippen LogP contribution in [0.15, 0.2) is 33.9 Å². The van der Waals surface area contributed by atoms with Crippen LogP contribution in [0.2, 0.25) is 5.02 Å². The first-order valence-electron chi connectivity index (χ1n) is 9.16. The van der Waals surface area contributed by atoms with E-state index in [1.165, 1.54) is 11.6 Å². The minimum Gasteiger partial charge on any atom is -0.462 e. The van der Waals surface area contributed by atoms with Crippen LogP contribution < -0.4 is 11.2 Å². The lowest BCUT2D eigenvalue weighted by Crippen LogP contribution is -2.38. The lowest BCUT2D eigenvalue weighted by atomic mass is 9.96. The number of nitrogens with zero attached hydrogens (tertiary/aromatic N) is 3. The van der Waals surface area contributed by atoms with Gasteiger partial charge in [0, 0.05) is 24.7 Å². The van der Waals surface area contributed by atoms with Gasteiger partial charge in [0.2, 0.25) is 0 Å². The number of fused-ring (bicyclic) bond motifs is 1. The molecule has 1 aromatic carbocycles. The number of pyridine rings is 1. The maximum Gasteiger partial charge on any atom is 0.340 e. The van der Waals surface area contributed by atoms with Crippen LogP contribution in [-0.4, -0.2) is 26.7 Å². The molecule has 0 fully saturated rings. The van der Waals surface area contributed by atoms with Gasteiger partial charge in [-0.1, -0.05) is 37.6 Å². The first-order valence-corrected chi connectivity index (χ1v) is 9.54. The largest absolute Gasteiger partial charge is 0.462 e. The molecule has 3 rings (SSSR count). The van der Waals surface area contributed by atoms with Crippen molar-refractivity contribution >= 4 is 28.6 Å². The summed E-state index contributed by atoms with van der Waals surface area (Å²) in [6, 6.07) is 6.79. The molecule has 7 nitrogen and oxygen atoms in total. The molecule has 0 saturated heterocycles. The zero-order valence-electron chi connectivity index (χ0n) is 16.9. The minimum atomic E-state index is -0.563. The van der Waals surface area contributed by atoms with Crippen LogP contribution in [0.1, 0.15) is 29.9 Å². The molecule has 0 amide bonds. The maximum absolute atomic E-state index is 13.0. The summed E-state index contributed by atoms with van der Waals surface area (Å²) in [5, 5.41) is 0.701. The van der Waals surface area contributed by atoms with Gasteiger partial charge in [-0.25, -0.2) is 14.6 Å². The number of hydrogen-bond donors (Lipinski definition) is 0. The van der Waals surface area contributed by atoms with E-state index in [-0.39, 0.29) is 29.1 Å². The third-order valence-corrected chi connectivity index (χ3v) is 4.91. The molecule has 8 heteroatoms. The van der Waals surface area contributed by atoms with E-state index >= 15 is 0 Å². The monoisotopic (exact) mass is 415 g/mol. The fourth-order valence-corrected chi connectivity index (χ4v) is 3.30. The van der Waals surface area contributed by atoms with E-state index in [1.807, 2.05) is 13.8 Å². The number of esters is 1. The second-order valence-electron chi connectivity index (χ2n) is 7.35. The number of benzene rings is 1. The highest BCUT2D eigenvalue weighted by atomic mass is 35.5. The van der Waals surface area contributed by atoms with Crippen molar-refractivity contribution in [1.29, 1.82) is 0 Å². The SMILES string of the molecule is Cc1nc2c(c(-c3ccc(Cl)cc3)c1C(=O)OCC(C)C)c(=O)n(C)c(=O)n2C. The smallest absolute Gasteiger partial charge is 0.340 e. The zero-order valence-corrected chi connectivity index (χ0v) is 17.7. The number of ether oxygens (including phenoxy) is 1. The van der Waals surface area contributed by atoms with Gasteiger partial charge in [0.1, 0.15) is 5.65 Å². The number of rotatable bonds is 4. The van der Waals surface area contributed by atoms with Crippen LogP contribution in [0.25, 0.3) is 22.2 Å². The Morgan fingerprint density at radius 3 is 2.34 bits per heavy atom. The molecule has 3 aromatic rings. The predicted octanol–water partition coefficient (Wildman–Crippen LogP) is 3.07. The Balaban J connectivity index is 2.47. The van der Waals surface area contributed by atoms with E-state index in [2.05, 4.69) is 4.98 Å². The summed E-state index contributed by atoms with van der Waals surface area (Å²) >= 11 is 6.02. The third-order valence-electron chi connectivity index (χ3n) is 4.65. The van der Waals surface area contributed by atoms with E-state index in [1.54, 1.807) is 38.2 Å². The lowest BCUT2D eigenvalue weighted by molar-refractivity contribution is 0.0458. The molecule has 0 atom stereocenters. The average molecular weight is 416 g/mol. The summed E-state index contributed by atoms with van der Waals surface area (Å²) in [6.45, 7) is 5.77. The van der Waals surface area contributed by atoms with Gasteiger partial charge >= 0.3 is 11.7 Å². The number of aryl methyl sites for hydroxylation is 2. The van der Waals surface area contributed by atoms with Gasteiger partial charge in [-0.15, -0.1) is 0 Å². The standard InChI is InChI=1S/C21H22ClN3O4/c1-11(2)10-29-20(27)15-12(3)23-18-17(19(26)25(5)21(28)24(18)4)16(15)13-6-8-14(22)9-7-13/h6-9,11H,10H2,1-5H3. The molecule has 0 aliphatic heterocycles. The van der Waals surface area contributed by atoms with Gasteiger partial charge in [0.05, 0.1) is 23.3 Å². The highest BCUT2D eigenvalue weighted by Gasteiger charge is 2.25. The number of carbonyl (C=O) groups excluding carboxylic acids is 1.